The minimum absolute atomic E-state index is 0.204. The van der Waals surface area contributed by atoms with E-state index in [2.05, 4.69) is 30.3 Å². The maximum absolute atomic E-state index is 6.41. The summed E-state index contributed by atoms with van der Waals surface area (Å²) >= 11 is 0. The fourth-order valence-corrected chi connectivity index (χ4v) is 4.89. The first kappa shape index (κ1) is 9.99. The van der Waals surface area contributed by atoms with Crippen molar-refractivity contribution < 1.29 is 4.74 Å². The smallest absolute Gasteiger partial charge is 0.120 e. The molecular formula is C16H20O. The Labute approximate surface area is 103 Å². The fraction of sp³-hybridized carbons (Fsp3) is 0.625. The van der Waals surface area contributed by atoms with Crippen LogP contribution < -0.4 is 4.74 Å². The summed E-state index contributed by atoms with van der Waals surface area (Å²) < 4.78 is 6.41. The van der Waals surface area contributed by atoms with Crippen LogP contribution in [0.2, 0.25) is 0 Å². The highest BCUT2D eigenvalue weighted by Gasteiger charge is 2.52. The van der Waals surface area contributed by atoms with Crippen molar-refractivity contribution in [2.24, 2.45) is 17.8 Å². The summed E-state index contributed by atoms with van der Waals surface area (Å²) in [5.41, 5.74) is 0.204. The van der Waals surface area contributed by atoms with Crippen LogP contribution in [0.4, 0.5) is 0 Å². The Kier molecular flexibility index (Phi) is 2.06. The molecule has 17 heavy (non-hydrogen) atoms. The van der Waals surface area contributed by atoms with Gasteiger partial charge in [0.25, 0.3) is 0 Å². The maximum Gasteiger partial charge on any atom is 0.120 e. The van der Waals surface area contributed by atoms with Crippen LogP contribution in [0, 0.1) is 17.8 Å². The molecule has 5 rings (SSSR count). The third kappa shape index (κ3) is 1.67. The minimum Gasteiger partial charge on any atom is -0.487 e. The van der Waals surface area contributed by atoms with Crippen molar-refractivity contribution in [3.8, 4) is 5.75 Å². The molecule has 1 heteroatoms. The van der Waals surface area contributed by atoms with Crippen LogP contribution in [0.25, 0.3) is 0 Å². The summed E-state index contributed by atoms with van der Waals surface area (Å²) in [7, 11) is 0. The first-order valence-electron chi connectivity index (χ1n) is 7.05. The molecule has 1 aromatic carbocycles. The van der Waals surface area contributed by atoms with Gasteiger partial charge in [-0.25, -0.2) is 0 Å². The van der Waals surface area contributed by atoms with Gasteiger partial charge >= 0.3 is 0 Å². The molecular weight excluding hydrogens is 208 g/mol. The molecule has 90 valence electrons. The predicted octanol–water partition coefficient (Wildman–Crippen LogP) is 4.03. The summed E-state index contributed by atoms with van der Waals surface area (Å²) in [5, 5.41) is 0. The molecule has 4 fully saturated rings. The lowest BCUT2D eigenvalue weighted by molar-refractivity contribution is -0.107. The number of ether oxygens (including phenoxy) is 1. The second-order valence-corrected chi connectivity index (χ2v) is 6.52. The van der Waals surface area contributed by atoms with E-state index in [0.29, 0.717) is 0 Å². The average molecular weight is 228 g/mol. The minimum atomic E-state index is 0.204. The molecule has 0 amide bonds. The lowest BCUT2D eigenvalue weighted by Crippen LogP contribution is -2.53. The van der Waals surface area contributed by atoms with Gasteiger partial charge < -0.3 is 4.74 Å². The van der Waals surface area contributed by atoms with Crippen LogP contribution in [0.5, 0.6) is 5.75 Å². The Morgan fingerprint density at radius 2 is 1.35 bits per heavy atom. The van der Waals surface area contributed by atoms with Crippen LogP contribution in [0.1, 0.15) is 38.5 Å². The summed E-state index contributed by atoms with van der Waals surface area (Å²) in [5.74, 6) is 3.97. The van der Waals surface area contributed by atoms with E-state index in [4.69, 9.17) is 4.74 Å². The van der Waals surface area contributed by atoms with Crippen LogP contribution in [0.3, 0.4) is 0 Å². The van der Waals surface area contributed by atoms with E-state index < -0.39 is 0 Å². The quantitative estimate of drug-likeness (QED) is 0.742. The van der Waals surface area contributed by atoms with Crippen molar-refractivity contribution in [1.29, 1.82) is 0 Å². The van der Waals surface area contributed by atoms with E-state index in [1.807, 2.05) is 0 Å². The van der Waals surface area contributed by atoms with Gasteiger partial charge in [-0.1, -0.05) is 18.2 Å². The van der Waals surface area contributed by atoms with Gasteiger partial charge in [0.1, 0.15) is 11.4 Å². The van der Waals surface area contributed by atoms with Gasteiger partial charge in [-0.3, -0.25) is 0 Å². The van der Waals surface area contributed by atoms with Gasteiger partial charge in [0, 0.05) is 0 Å². The fourth-order valence-electron chi connectivity index (χ4n) is 4.89. The van der Waals surface area contributed by atoms with Crippen molar-refractivity contribution in [2.75, 3.05) is 0 Å². The highest BCUT2D eigenvalue weighted by molar-refractivity contribution is 5.23. The topological polar surface area (TPSA) is 9.23 Å². The van der Waals surface area contributed by atoms with E-state index in [9.17, 15) is 0 Å². The molecule has 0 unspecified atom stereocenters. The van der Waals surface area contributed by atoms with E-state index >= 15 is 0 Å². The van der Waals surface area contributed by atoms with Crippen molar-refractivity contribution in [2.45, 2.75) is 44.1 Å². The van der Waals surface area contributed by atoms with Gasteiger partial charge in [0.05, 0.1) is 0 Å². The lowest BCUT2D eigenvalue weighted by atomic mass is 9.54. The molecule has 1 nitrogen and oxygen atoms in total. The normalized spacial score (nSPS) is 42.7. The Morgan fingerprint density at radius 1 is 0.824 bits per heavy atom. The first-order chi connectivity index (χ1) is 8.31. The van der Waals surface area contributed by atoms with E-state index in [-0.39, 0.29) is 5.60 Å². The number of rotatable bonds is 2. The molecule has 0 aliphatic heterocycles. The Bertz CT molecular complexity index is 374. The van der Waals surface area contributed by atoms with Gasteiger partial charge in [0.2, 0.25) is 0 Å². The molecule has 4 aliphatic carbocycles. The Balaban J connectivity index is 1.61. The SMILES string of the molecule is c1ccc(OC23CC4CC(CC(C4)C2)C3)cc1. The number of para-hydroxylation sites is 1. The van der Waals surface area contributed by atoms with E-state index in [1.165, 1.54) is 38.5 Å². The zero-order chi connectivity index (χ0) is 11.3. The van der Waals surface area contributed by atoms with Gasteiger partial charge in [-0.15, -0.1) is 0 Å². The number of hydrogen-bond donors (Lipinski definition) is 0. The summed E-state index contributed by atoms with van der Waals surface area (Å²) in [6.45, 7) is 0. The maximum atomic E-state index is 6.41. The molecule has 0 atom stereocenters. The molecule has 0 heterocycles. The predicted molar refractivity (Wildman–Crippen MR) is 68.0 cm³/mol. The molecule has 0 saturated heterocycles. The summed E-state index contributed by atoms with van der Waals surface area (Å²) in [4.78, 5) is 0. The van der Waals surface area contributed by atoms with E-state index in [0.717, 1.165) is 23.5 Å². The van der Waals surface area contributed by atoms with Gasteiger partial charge in [0.15, 0.2) is 0 Å². The molecule has 0 aromatic heterocycles. The Hall–Kier alpha value is -0.980. The van der Waals surface area contributed by atoms with Crippen molar-refractivity contribution >= 4 is 0 Å². The molecule has 0 radical (unpaired) electrons. The highest BCUT2D eigenvalue weighted by atomic mass is 16.5. The third-order valence-corrected chi connectivity index (χ3v) is 5.06. The second-order valence-electron chi connectivity index (χ2n) is 6.52. The lowest BCUT2D eigenvalue weighted by Gasteiger charge is -2.56. The summed E-state index contributed by atoms with van der Waals surface area (Å²) in [6, 6.07) is 10.4. The first-order valence-corrected chi connectivity index (χ1v) is 7.05. The second kappa shape index (κ2) is 3.51. The van der Waals surface area contributed by atoms with E-state index in [1.54, 1.807) is 0 Å². The third-order valence-electron chi connectivity index (χ3n) is 5.06. The van der Waals surface area contributed by atoms with Crippen molar-refractivity contribution in [3.63, 3.8) is 0 Å². The largest absolute Gasteiger partial charge is 0.487 e. The number of benzene rings is 1. The van der Waals surface area contributed by atoms with Crippen LogP contribution in [-0.4, -0.2) is 5.60 Å². The molecule has 4 bridgehead atoms. The Morgan fingerprint density at radius 3 is 1.88 bits per heavy atom. The molecule has 4 saturated carbocycles. The molecule has 0 N–H and O–H groups in total. The monoisotopic (exact) mass is 228 g/mol. The highest BCUT2D eigenvalue weighted by Crippen LogP contribution is 2.56. The van der Waals surface area contributed by atoms with Crippen LogP contribution in [0.15, 0.2) is 30.3 Å². The average Bonchev–Trinajstić information content (AvgIpc) is 2.27. The zero-order valence-electron chi connectivity index (χ0n) is 10.3. The van der Waals surface area contributed by atoms with Crippen molar-refractivity contribution in [3.05, 3.63) is 30.3 Å². The molecule has 0 spiro atoms. The van der Waals surface area contributed by atoms with Crippen molar-refractivity contribution in [1.82, 2.24) is 0 Å². The standard InChI is InChI=1S/C16H20O/c1-2-4-15(5-3-1)17-16-9-12-6-13(10-16)8-14(7-12)11-16/h1-5,12-14H,6-11H2. The molecule has 1 aromatic rings. The zero-order valence-corrected chi connectivity index (χ0v) is 10.3. The van der Waals surface area contributed by atoms with Crippen LogP contribution >= 0.6 is 0 Å². The molecule has 4 aliphatic rings. The number of hydrogen-bond acceptors (Lipinski definition) is 1. The van der Waals surface area contributed by atoms with Gasteiger partial charge in [-0.2, -0.15) is 0 Å². The van der Waals surface area contributed by atoms with Crippen LogP contribution in [-0.2, 0) is 0 Å². The summed E-state index contributed by atoms with van der Waals surface area (Å²) in [6.07, 6.45) is 8.39. The van der Waals surface area contributed by atoms with Gasteiger partial charge in [-0.05, 0) is 68.4 Å².